The molecule has 3 rings (SSSR count). The van der Waals surface area contributed by atoms with Gasteiger partial charge in [-0.05, 0) is 35.7 Å². The minimum absolute atomic E-state index is 0.131. The molecule has 0 saturated heterocycles. The smallest absolute Gasteiger partial charge is 0.416 e. The lowest BCUT2D eigenvalue weighted by Gasteiger charge is -2.29. The number of thioether (sulfide) groups is 1. The molecule has 1 aromatic heterocycles. The van der Waals surface area contributed by atoms with Gasteiger partial charge in [0, 0.05) is 17.2 Å². The maximum Gasteiger partial charge on any atom is 0.416 e. The zero-order chi connectivity index (χ0) is 20.9. The van der Waals surface area contributed by atoms with Crippen LogP contribution in [-0.4, -0.2) is 34.9 Å². The van der Waals surface area contributed by atoms with Crippen LogP contribution in [-0.2, 0) is 17.5 Å². The summed E-state index contributed by atoms with van der Waals surface area (Å²) in [5, 5.41) is 12.1. The van der Waals surface area contributed by atoms with Crippen LogP contribution in [0.1, 0.15) is 10.4 Å². The second-order valence-corrected chi connectivity index (χ2v) is 8.22. The van der Waals surface area contributed by atoms with Crippen molar-refractivity contribution in [1.82, 2.24) is 4.90 Å². The molecule has 4 nitrogen and oxygen atoms in total. The molecule has 0 bridgehead atoms. The number of carboxylic acids is 1. The van der Waals surface area contributed by atoms with Crippen molar-refractivity contribution in [3.05, 3.63) is 75.0 Å². The highest BCUT2D eigenvalue weighted by Crippen LogP contribution is 2.32. The van der Waals surface area contributed by atoms with Crippen LogP contribution in [0.5, 0.6) is 5.75 Å². The van der Waals surface area contributed by atoms with E-state index in [-0.39, 0.29) is 17.9 Å². The molecule has 0 saturated carbocycles. The first-order chi connectivity index (χ1) is 13.8. The molecule has 2 heterocycles. The molecular formula is C20H18F3NO3S2. The number of carboxylic acid groups (broad SMARTS) is 1. The minimum Gasteiger partial charge on any atom is -0.493 e. The fraction of sp³-hybridized carbons (Fsp3) is 0.250. The molecule has 0 spiro atoms. The van der Waals surface area contributed by atoms with Gasteiger partial charge in [-0.25, -0.2) is 4.79 Å². The third kappa shape index (κ3) is 5.80. The van der Waals surface area contributed by atoms with E-state index < -0.39 is 17.7 Å². The van der Waals surface area contributed by atoms with E-state index in [0.29, 0.717) is 23.9 Å². The van der Waals surface area contributed by atoms with E-state index in [0.717, 1.165) is 17.0 Å². The van der Waals surface area contributed by atoms with E-state index in [1.54, 1.807) is 23.5 Å². The van der Waals surface area contributed by atoms with E-state index >= 15 is 0 Å². The summed E-state index contributed by atoms with van der Waals surface area (Å²) < 4.78 is 43.8. The Morgan fingerprint density at radius 1 is 1.28 bits per heavy atom. The Bertz CT molecular complexity index is 908. The van der Waals surface area contributed by atoms with Crippen molar-refractivity contribution in [3.63, 3.8) is 0 Å². The second kappa shape index (κ2) is 9.41. The number of ether oxygens (including phenoxy) is 1. The van der Waals surface area contributed by atoms with Crippen LogP contribution in [0.2, 0.25) is 0 Å². The Morgan fingerprint density at radius 2 is 2.10 bits per heavy atom. The zero-order valence-electron chi connectivity index (χ0n) is 15.2. The number of nitrogens with zero attached hydrogens (tertiary/aromatic N) is 1. The van der Waals surface area contributed by atoms with Gasteiger partial charge in [0.2, 0.25) is 0 Å². The molecule has 0 atom stereocenters. The summed E-state index contributed by atoms with van der Waals surface area (Å²) in [5.74, 6) is -0.484. The summed E-state index contributed by atoms with van der Waals surface area (Å²) in [6.07, 6.45) is -1.03. The van der Waals surface area contributed by atoms with Crippen molar-refractivity contribution in [2.24, 2.45) is 0 Å². The maximum atomic E-state index is 12.8. The molecule has 1 aliphatic rings. The molecule has 0 amide bonds. The normalized spacial score (nSPS) is 14.4. The predicted molar refractivity (Wildman–Crippen MR) is 108 cm³/mol. The van der Waals surface area contributed by atoms with E-state index in [1.807, 2.05) is 22.4 Å². The lowest BCUT2D eigenvalue weighted by atomic mass is 10.2. The summed E-state index contributed by atoms with van der Waals surface area (Å²) in [6.45, 7) is 1.33. The number of aliphatic carboxylic acids is 1. The largest absolute Gasteiger partial charge is 0.493 e. The number of halogens is 3. The molecule has 0 radical (unpaired) electrons. The molecule has 0 fully saturated rings. The molecule has 1 N–H and O–H groups in total. The van der Waals surface area contributed by atoms with Gasteiger partial charge in [-0.15, -0.1) is 23.1 Å². The van der Waals surface area contributed by atoms with Crippen molar-refractivity contribution < 1.29 is 27.8 Å². The van der Waals surface area contributed by atoms with Crippen LogP contribution in [0.4, 0.5) is 13.2 Å². The first-order valence-electron chi connectivity index (χ1n) is 8.69. The zero-order valence-corrected chi connectivity index (χ0v) is 16.8. The minimum atomic E-state index is -4.42. The topological polar surface area (TPSA) is 49.8 Å². The van der Waals surface area contributed by atoms with Gasteiger partial charge in [-0.3, -0.25) is 0 Å². The Kier molecular flexibility index (Phi) is 6.92. The molecule has 1 aromatic carbocycles. The Labute approximate surface area is 174 Å². The van der Waals surface area contributed by atoms with E-state index in [4.69, 9.17) is 4.74 Å². The van der Waals surface area contributed by atoms with E-state index in [2.05, 4.69) is 0 Å². The van der Waals surface area contributed by atoms with Gasteiger partial charge in [-0.2, -0.15) is 13.2 Å². The molecule has 9 heteroatoms. The quantitative estimate of drug-likeness (QED) is 0.568. The molecular weight excluding hydrogens is 423 g/mol. The van der Waals surface area contributed by atoms with Crippen molar-refractivity contribution in [1.29, 1.82) is 0 Å². The third-order valence-electron chi connectivity index (χ3n) is 4.04. The number of hydrogen-bond acceptors (Lipinski definition) is 5. The lowest BCUT2D eigenvalue weighted by Crippen LogP contribution is -2.26. The third-order valence-corrected chi connectivity index (χ3v) is 6.02. The summed E-state index contributed by atoms with van der Waals surface area (Å²) in [4.78, 5) is 14.7. The predicted octanol–water partition coefficient (Wildman–Crippen LogP) is 5.25. The molecule has 2 aromatic rings. The van der Waals surface area contributed by atoms with E-state index in [1.165, 1.54) is 23.9 Å². The average Bonchev–Trinajstić information content (AvgIpc) is 3.18. The van der Waals surface area contributed by atoms with Crippen molar-refractivity contribution >= 4 is 29.1 Å². The fourth-order valence-electron chi connectivity index (χ4n) is 2.74. The van der Waals surface area contributed by atoms with E-state index in [9.17, 15) is 23.1 Å². The number of rotatable bonds is 8. The highest BCUT2D eigenvalue weighted by atomic mass is 32.2. The summed E-state index contributed by atoms with van der Waals surface area (Å²) >= 11 is 2.92. The number of hydrogen-bond donors (Lipinski definition) is 1. The Morgan fingerprint density at radius 3 is 2.79 bits per heavy atom. The monoisotopic (exact) mass is 441 g/mol. The Hall–Kier alpha value is -2.39. The SMILES string of the molecule is O=C(O)C1=C(SCCOc2cccc(C(F)(F)F)c2)N(Cc2cccs2)CC=C1. The standard InChI is InChI=1S/C20H18F3NO3S2/c21-20(22,23)14-4-1-5-15(12-14)27-9-11-29-18-17(19(25)26)7-2-8-24(18)13-16-6-3-10-28-16/h1-7,10,12H,8-9,11,13H2,(H,25,26). The van der Waals surface area contributed by atoms with Gasteiger partial charge in [-0.1, -0.05) is 18.2 Å². The van der Waals surface area contributed by atoms with Gasteiger partial charge >= 0.3 is 12.1 Å². The van der Waals surface area contributed by atoms with Gasteiger partial charge in [0.05, 0.1) is 29.3 Å². The van der Waals surface area contributed by atoms with Crippen molar-refractivity contribution in [2.75, 3.05) is 18.9 Å². The Balaban J connectivity index is 1.63. The van der Waals surface area contributed by atoms with Crippen LogP contribution in [0.25, 0.3) is 0 Å². The van der Waals surface area contributed by atoms with Crippen LogP contribution >= 0.6 is 23.1 Å². The van der Waals surface area contributed by atoms with Gasteiger partial charge in [0.25, 0.3) is 0 Å². The summed E-state index contributed by atoms with van der Waals surface area (Å²) in [6, 6.07) is 8.64. The van der Waals surface area contributed by atoms with Crippen LogP contribution in [0.15, 0.2) is 64.5 Å². The highest BCUT2D eigenvalue weighted by molar-refractivity contribution is 8.03. The van der Waals surface area contributed by atoms with Gasteiger partial charge in [0.1, 0.15) is 5.75 Å². The van der Waals surface area contributed by atoms with Crippen LogP contribution in [0.3, 0.4) is 0 Å². The summed E-state index contributed by atoms with van der Waals surface area (Å²) in [7, 11) is 0. The lowest BCUT2D eigenvalue weighted by molar-refractivity contribution is -0.137. The van der Waals surface area contributed by atoms with Crippen LogP contribution < -0.4 is 4.74 Å². The molecule has 154 valence electrons. The van der Waals surface area contributed by atoms with Gasteiger partial charge < -0.3 is 14.7 Å². The maximum absolute atomic E-state index is 12.8. The molecule has 0 aliphatic carbocycles. The number of thiophene rings is 1. The number of alkyl halides is 3. The van der Waals surface area contributed by atoms with Crippen molar-refractivity contribution in [2.45, 2.75) is 12.7 Å². The fourth-order valence-corrected chi connectivity index (χ4v) is 4.45. The number of carbonyl (C=O) groups is 1. The molecule has 0 unspecified atom stereocenters. The number of benzene rings is 1. The van der Waals surface area contributed by atoms with Gasteiger partial charge in [0.15, 0.2) is 0 Å². The second-order valence-electron chi connectivity index (χ2n) is 6.11. The first kappa shape index (κ1) is 21.3. The first-order valence-corrected chi connectivity index (χ1v) is 10.6. The molecule has 1 aliphatic heterocycles. The summed E-state index contributed by atoms with van der Waals surface area (Å²) in [5.41, 5.74) is -0.560. The highest BCUT2D eigenvalue weighted by Gasteiger charge is 2.30. The van der Waals surface area contributed by atoms with Crippen molar-refractivity contribution in [3.8, 4) is 5.75 Å². The average molecular weight is 441 g/mol. The van der Waals surface area contributed by atoms with Crippen LogP contribution in [0, 0.1) is 0 Å². The molecule has 29 heavy (non-hydrogen) atoms.